The molecule has 0 aliphatic carbocycles. The van der Waals surface area contributed by atoms with Gasteiger partial charge in [-0.1, -0.05) is 12.1 Å². The van der Waals surface area contributed by atoms with E-state index in [0.717, 1.165) is 16.9 Å². The van der Waals surface area contributed by atoms with Crippen LogP contribution in [-0.2, 0) is 22.5 Å². The first-order valence-electron chi connectivity index (χ1n) is 5.72. The van der Waals surface area contributed by atoms with Crippen molar-refractivity contribution in [3.8, 4) is 5.75 Å². The monoisotopic (exact) mass is 237 g/mol. The minimum Gasteiger partial charge on any atom is -0.496 e. The van der Waals surface area contributed by atoms with E-state index in [-0.39, 0.29) is 5.97 Å². The molecule has 0 bridgehead atoms. The molecule has 94 valence electrons. The number of hydrogen-bond acceptors (Lipinski definition) is 4. The van der Waals surface area contributed by atoms with Gasteiger partial charge >= 0.3 is 5.97 Å². The molecule has 0 atom stereocenters. The van der Waals surface area contributed by atoms with Crippen LogP contribution in [0.2, 0.25) is 0 Å². The molecule has 0 heterocycles. The van der Waals surface area contributed by atoms with Gasteiger partial charge in [0.1, 0.15) is 5.75 Å². The molecule has 0 aliphatic rings. The first-order chi connectivity index (χ1) is 8.21. The van der Waals surface area contributed by atoms with Gasteiger partial charge in [0.15, 0.2) is 0 Å². The van der Waals surface area contributed by atoms with Crippen LogP contribution in [0, 0.1) is 0 Å². The summed E-state index contributed by atoms with van der Waals surface area (Å²) in [6, 6.07) is 5.79. The minimum atomic E-state index is -0.169. The van der Waals surface area contributed by atoms with Crippen molar-refractivity contribution in [1.82, 2.24) is 0 Å². The molecule has 17 heavy (non-hydrogen) atoms. The quantitative estimate of drug-likeness (QED) is 0.764. The van der Waals surface area contributed by atoms with Gasteiger partial charge in [-0.15, -0.1) is 0 Å². The summed E-state index contributed by atoms with van der Waals surface area (Å²) in [4.78, 5) is 11.2. The number of methoxy groups -OCH3 is 1. The van der Waals surface area contributed by atoms with Gasteiger partial charge in [-0.25, -0.2) is 0 Å². The number of rotatable bonds is 6. The highest BCUT2D eigenvalue weighted by molar-refractivity contribution is 5.69. The first-order valence-corrected chi connectivity index (χ1v) is 5.72. The van der Waals surface area contributed by atoms with Gasteiger partial charge in [0, 0.05) is 18.5 Å². The maximum Gasteiger partial charge on any atom is 0.306 e. The number of esters is 1. The van der Waals surface area contributed by atoms with E-state index in [1.54, 1.807) is 14.0 Å². The number of benzene rings is 1. The van der Waals surface area contributed by atoms with E-state index in [9.17, 15) is 4.79 Å². The average Bonchev–Trinajstić information content (AvgIpc) is 2.36. The van der Waals surface area contributed by atoms with Gasteiger partial charge in [0.2, 0.25) is 0 Å². The lowest BCUT2D eigenvalue weighted by Gasteiger charge is -2.09. The van der Waals surface area contributed by atoms with Crippen molar-refractivity contribution in [3.63, 3.8) is 0 Å². The highest BCUT2D eigenvalue weighted by Crippen LogP contribution is 2.20. The fourth-order valence-corrected chi connectivity index (χ4v) is 1.63. The number of hydrogen-bond donors (Lipinski definition) is 1. The normalized spacial score (nSPS) is 10.1. The van der Waals surface area contributed by atoms with Crippen LogP contribution in [0.25, 0.3) is 0 Å². The topological polar surface area (TPSA) is 61.5 Å². The molecule has 0 aromatic heterocycles. The van der Waals surface area contributed by atoms with Gasteiger partial charge in [-0.3, -0.25) is 4.79 Å². The molecule has 0 radical (unpaired) electrons. The molecule has 0 amide bonds. The molecule has 4 heteroatoms. The van der Waals surface area contributed by atoms with E-state index in [0.29, 0.717) is 26.0 Å². The first kappa shape index (κ1) is 13.5. The van der Waals surface area contributed by atoms with Gasteiger partial charge in [0.05, 0.1) is 13.7 Å². The minimum absolute atomic E-state index is 0.169. The van der Waals surface area contributed by atoms with E-state index < -0.39 is 0 Å². The number of carbonyl (C=O) groups is 1. The predicted molar refractivity (Wildman–Crippen MR) is 65.8 cm³/mol. The summed E-state index contributed by atoms with van der Waals surface area (Å²) in [5.74, 6) is 0.616. The molecule has 0 spiro atoms. The Balaban J connectivity index is 2.63. The summed E-state index contributed by atoms with van der Waals surface area (Å²) in [6.45, 7) is 2.66. The third-order valence-corrected chi connectivity index (χ3v) is 2.49. The molecule has 0 saturated heterocycles. The number of nitrogens with two attached hydrogens (primary N) is 1. The molecule has 1 rings (SSSR count). The fraction of sp³-hybridized carbons (Fsp3) is 0.462. The molecule has 0 aliphatic heterocycles. The SMILES string of the molecule is CCOC(=O)CCc1ccc(OC)c(CN)c1. The summed E-state index contributed by atoms with van der Waals surface area (Å²) in [5.41, 5.74) is 7.65. The second-order valence-electron chi connectivity index (χ2n) is 3.66. The van der Waals surface area contributed by atoms with Crippen LogP contribution < -0.4 is 10.5 Å². The zero-order chi connectivity index (χ0) is 12.7. The van der Waals surface area contributed by atoms with Gasteiger partial charge in [-0.2, -0.15) is 0 Å². The standard InChI is InChI=1S/C13H19NO3/c1-3-17-13(15)7-5-10-4-6-12(16-2)11(8-10)9-14/h4,6,8H,3,5,7,9,14H2,1-2H3. The van der Waals surface area contributed by atoms with Crippen LogP contribution >= 0.6 is 0 Å². The largest absolute Gasteiger partial charge is 0.496 e. The molecule has 0 unspecified atom stereocenters. The zero-order valence-electron chi connectivity index (χ0n) is 10.4. The number of aryl methyl sites for hydroxylation is 1. The number of carbonyl (C=O) groups excluding carboxylic acids is 1. The zero-order valence-corrected chi connectivity index (χ0v) is 10.4. The van der Waals surface area contributed by atoms with Crippen molar-refractivity contribution in [1.29, 1.82) is 0 Å². The van der Waals surface area contributed by atoms with Gasteiger partial charge in [0.25, 0.3) is 0 Å². The maximum absolute atomic E-state index is 11.2. The second kappa shape index (κ2) is 6.91. The third-order valence-electron chi connectivity index (χ3n) is 2.49. The van der Waals surface area contributed by atoms with Crippen molar-refractivity contribution < 1.29 is 14.3 Å². The van der Waals surface area contributed by atoms with E-state index >= 15 is 0 Å². The summed E-state index contributed by atoms with van der Waals surface area (Å²) in [7, 11) is 1.62. The van der Waals surface area contributed by atoms with E-state index in [2.05, 4.69) is 0 Å². The Hall–Kier alpha value is -1.55. The van der Waals surface area contributed by atoms with Crippen LogP contribution in [-0.4, -0.2) is 19.7 Å². The summed E-state index contributed by atoms with van der Waals surface area (Å²) < 4.78 is 10.1. The third kappa shape index (κ3) is 4.07. The van der Waals surface area contributed by atoms with E-state index in [1.165, 1.54) is 0 Å². The van der Waals surface area contributed by atoms with Crippen molar-refractivity contribution in [2.75, 3.05) is 13.7 Å². The van der Waals surface area contributed by atoms with Crippen molar-refractivity contribution in [2.45, 2.75) is 26.3 Å². The van der Waals surface area contributed by atoms with Crippen molar-refractivity contribution in [3.05, 3.63) is 29.3 Å². The van der Waals surface area contributed by atoms with Crippen LogP contribution in [0.5, 0.6) is 5.75 Å². The molecule has 2 N–H and O–H groups in total. The lowest BCUT2D eigenvalue weighted by molar-refractivity contribution is -0.143. The molecule has 4 nitrogen and oxygen atoms in total. The van der Waals surface area contributed by atoms with Crippen LogP contribution in [0.1, 0.15) is 24.5 Å². The highest BCUT2D eigenvalue weighted by Gasteiger charge is 2.06. The summed E-state index contributed by atoms with van der Waals surface area (Å²) in [5, 5.41) is 0. The number of ether oxygens (including phenoxy) is 2. The van der Waals surface area contributed by atoms with Gasteiger partial charge in [-0.05, 0) is 25.0 Å². The Labute approximate surface area is 102 Å². The molecule has 1 aromatic rings. The molecular formula is C13H19NO3. The van der Waals surface area contributed by atoms with Crippen molar-refractivity contribution in [2.24, 2.45) is 5.73 Å². The molecule has 0 saturated carbocycles. The lowest BCUT2D eigenvalue weighted by atomic mass is 10.1. The maximum atomic E-state index is 11.2. The molecule has 0 fully saturated rings. The molecule has 1 aromatic carbocycles. The Kier molecular flexibility index (Phi) is 5.49. The highest BCUT2D eigenvalue weighted by atomic mass is 16.5. The second-order valence-corrected chi connectivity index (χ2v) is 3.66. The lowest BCUT2D eigenvalue weighted by Crippen LogP contribution is -2.06. The average molecular weight is 237 g/mol. The Morgan fingerprint density at radius 1 is 1.41 bits per heavy atom. The van der Waals surface area contributed by atoms with E-state index in [4.69, 9.17) is 15.2 Å². The summed E-state index contributed by atoms with van der Waals surface area (Å²) >= 11 is 0. The molecular weight excluding hydrogens is 218 g/mol. The Bertz CT molecular complexity index is 377. The Morgan fingerprint density at radius 2 is 2.18 bits per heavy atom. The van der Waals surface area contributed by atoms with E-state index in [1.807, 2.05) is 18.2 Å². The Morgan fingerprint density at radius 3 is 2.76 bits per heavy atom. The van der Waals surface area contributed by atoms with Gasteiger partial charge < -0.3 is 15.2 Å². The van der Waals surface area contributed by atoms with Crippen LogP contribution in [0.4, 0.5) is 0 Å². The summed E-state index contributed by atoms with van der Waals surface area (Å²) in [6.07, 6.45) is 1.06. The predicted octanol–water partition coefficient (Wildman–Crippen LogP) is 1.65. The smallest absolute Gasteiger partial charge is 0.306 e. The van der Waals surface area contributed by atoms with Crippen molar-refractivity contribution >= 4 is 5.97 Å². The fourth-order valence-electron chi connectivity index (χ4n) is 1.63. The van der Waals surface area contributed by atoms with Crippen LogP contribution in [0.3, 0.4) is 0 Å². The van der Waals surface area contributed by atoms with Crippen LogP contribution in [0.15, 0.2) is 18.2 Å².